The SMILES string of the molecule is O=[N+]([O-])c1cc(NCc2c(Cl)ccc(Cl)c2Cl)ccc1Br. The predicted octanol–water partition coefficient (Wildman–Crippen LogP) is 5.93. The largest absolute Gasteiger partial charge is 0.381 e. The molecule has 0 heterocycles. The number of hydrogen-bond donors (Lipinski definition) is 1. The molecule has 1 N–H and O–H groups in total. The van der Waals surface area contributed by atoms with Gasteiger partial charge in [0.05, 0.1) is 19.4 Å². The lowest BCUT2D eigenvalue weighted by molar-refractivity contribution is -0.385. The minimum Gasteiger partial charge on any atom is -0.381 e. The highest BCUT2D eigenvalue weighted by molar-refractivity contribution is 9.10. The fraction of sp³-hybridized carbons (Fsp3) is 0.0769. The maximum absolute atomic E-state index is 10.9. The quantitative estimate of drug-likeness (QED) is 0.386. The molecular weight excluding hydrogens is 402 g/mol. The molecule has 0 spiro atoms. The van der Waals surface area contributed by atoms with Gasteiger partial charge in [-0.2, -0.15) is 0 Å². The molecule has 0 aromatic heterocycles. The molecule has 0 radical (unpaired) electrons. The van der Waals surface area contributed by atoms with Crippen LogP contribution in [-0.2, 0) is 6.54 Å². The molecule has 110 valence electrons. The minimum atomic E-state index is -0.464. The predicted molar refractivity (Wildman–Crippen MR) is 89.6 cm³/mol. The number of nitro benzene ring substituents is 1. The average molecular weight is 410 g/mol. The minimum absolute atomic E-state index is 0.0247. The first-order valence-corrected chi connectivity index (χ1v) is 7.63. The number of nitrogens with zero attached hydrogens (tertiary/aromatic N) is 1. The summed E-state index contributed by atoms with van der Waals surface area (Å²) in [6.07, 6.45) is 0. The van der Waals surface area contributed by atoms with Gasteiger partial charge in [0.25, 0.3) is 5.69 Å². The lowest BCUT2D eigenvalue weighted by Crippen LogP contribution is -2.02. The van der Waals surface area contributed by atoms with Gasteiger partial charge in [-0.3, -0.25) is 10.1 Å². The Morgan fingerprint density at radius 3 is 2.48 bits per heavy atom. The number of hydrogen-bond acceptors (Lipinski definition) is 3. The molecule has 0 aliphatic rings. The summed E-state index contributed by atoms with van der Waals surface area (Å²) in [5.74, 6) is 0. The summed E-state index contributed by atoms with van der Waals surface area (Å²) in [5, 5.41) is 15.2. The van der Waals surface area contributed by atoms with E-state index in [-0.39, 0.29) is 5.69 Å². The Morgan fingerprint density at radius 2 is 1.81 bits per heavy atom. The second-order valence-corrected chi connectivity index (χ2v) is 6.15. The van der Waals surface area contributed by atoms with Crippen LogP contribution in [0.1, 0.15) is 5.56 Å². The number of benzene rings is 2. The van der Waals surface area contributed by atoms with Gasteiger partial charge in [-0.1, -0.05) is 34.8 Å². The highest BCUT2D eigenvalue weighted by Gasteiger charge is 2.13. The van der Waals surface area contributed by atoms with Crippen molar-refractivity contribution in [1.82, 2.24) is 0 Å². The normalized spacial score (nSPS) is 10.5. The topological polar surface area (TPSA) is 55.2 Å². The molecule has 0 saturated heterocycles. The number of nitro groups is 1. The third-order valence-corrected chi connectivity index (χ3v) is 4.62. The zero-order chi connectivity index (χ0) is 15.6. The van der Waals surface area contributed by atoms with Crippen LogP contribution < -0.4 is 5.32 Å². The molecule has 0 fully saturated rings. The van der Waals surface area contributed by atoms with E-state index in [1.54, 1.807) is 24.3 Å². The maximum atomic E-state index is 10.9. The Labute approximate surface area is 144 Å². The van der Waals surface area contributed by atoms with E-state index in [0.29, 0.717) is 37.3 Å². The first kappa shape index (κ1) is 16.4. The second-order valence-electron chi connectivity index (χ2n) is 4.10. The van der Waals surface area contributed by atoms with Crippen LogP contribution in [0.25, 0.3) is 0 Å². The molecule has 2 aromatic rings. The van der Waals surface area contributed by atoms with E-state index in [9.17, 15) is 10.1 Å². The first-order chi connectivity index (χ1) is 9.90. The Kier molecular flexibility index (Phi) is 5.32. The van der Waals surface area contributed by atoms with Crippen LogP contribution in [0.3, 0.4) is 0 Å². The van der Waals surface area contributed by atoms with Crippen LogP contribution in [0.2, 0.25) is 15.1 Å². The van der Waals surface area contributed by atoms with Gasteiger partial charge < -0.3 is 5.32 Å². The van der Waals surface area contributed by atoms with Crippen molar-refractivity contribution in [1.29, 1.82) is 0 Å². The van der Waals surface area contributed by atoms with Gasteiger partial charge in [-0.15, -0.1) is 0 Å². The molecule has 2 aromatic carbocycles. The molecule has 0 atom stereocenters. The molecule has 0 amide bonds. The van der Waals surface area contributed by atoms with Gasteiger partial charge in [0.1, 0.15) is 0 Å². The van der Waals surface area contributed by atoms with Gasteiger partial charge in [0.15, 0.2) is 0 Å². The van der Waals surface area contributed by atoms with Crippen molar-refractivity contribution in [2.24, 2.45) is 0 Å². The first-order valence-electron chi connectivity index (χ1n) is 5.70. The fourth-order valence-electron chi connectivity index (χ4n) is 1.68. The number of anilines is 1. The average Bonchev–Trinajstić information content (AvgIpc) is 2.44. The Morgan fingerprint density at radius 1 is 1.14 bits per heavy atom. The van der Waals surface area contributed by atoms with Crippen LogP contribution in [0.15, 0.2) is 34.8 Å². The Balaban J connectivity index is 2.23. The molecule has 4 nitrogen and oxygen atoms in total. The molecule has 21 heavy (non-hydrogen) atoms. The molecule has 0 bridgehead atoms. The van der Waals surface area contributed by atoms with Crippen molar-refractivity contribution >= 4 is 62.1 Å². The van der Waals surface area contributed by atoms with E-state index in [4.69, 9.17) is 34.8 Å². The highest BCUT2D eigenvalue weighted by atomic mass is 79.9. The summed E-state index contributed by atoms with van der Waals surface area (Å²) in [6.45, 7) is 0.303. The zero-order valence-corrected chi connectivity index (χ0v) is 14.2. The monoisotopic (exact) mass is 408 g/mol. The summed E-state index contributed by atoms with van der Waals surface area (Å²) in [6, 6.07) is 8.00. The van der Waals surface area contributed by atoms with E-state index >= 15 is 0 Å². The molecule has 2 rings (SSSR count). The molecular formula is C13H8BrCl3N2O2. The smallest absolute Gasteiger partial charge is 0.285 e. The van der Waals surface area contributed by atoms with Crippen molar-refractivity contribution in [3.8, 4) is 0 Å². The molecule has 0 aliphatic heterocycles. The van der Waals surface area contributed by atoms with Gasteiger partial charge in [0, 0.05) is 28.9 Å². The fourth-order valence-corrected chi connectivity index (χ4v) is 2.76. The van der Waals surface area contributed by atoms with Gasteiger partial charge in [0.2, 0.25) is 0 Å². The van der Waals surface area contributed by atoms with E-state index in [2.05, 4.69) is 21.2 Å². The third-order valence-electron chi connectivity index (χ3n) is 2.75. The van der Waals surface area contributed by atoms with Crippen molar-refractivity contribution in [3.05, 3.63) is 65.6 Å². The second kappa shape index (κ2) is 6.83. The van der Waals surface area contributed by atoms with Crippen LogP contribution >= 0.6 is 50.7 Å². The van der Waals surface area contributed by atoms with Gasteiger partial charge in [-0.25, -0.2) is 0 Å². The van der Waals surface area contributed by atoms with Crippen LogP contribution in [0.4, 0.5) is 11.4 Å². The van der Waals surface area contributed by atoms with Crippen LogP contribution in [0.5, 0.6) is 0 Å². The molecule has 8 heteroatoms. The summed E-state index contributed by atoms with van der Waals surface area (Å²) < 4.78 is 0.414. The van der Waals surface area contributed by atoms with Crippen molar-refractivity contribution in [2.45, 2.75) is 6.54 Å². The zero-order valence-electron chi connectivity index (χ0n) is 10.4. The summed E-state index contributed by atoms with van der Waals surface area (Å²) in [4.78, 5) is 10.4. The van der Waals surface area contributed by atoms with Crippen molar-refractivity contribution < 1.29 is 4.92 Å². The number of halogens is 4. The van der Waals surface area contributed by atoms with E-state index < -0.39 is 4.92 Å². The van der Waals surface area contributed by atoms with Gasteiger partial charge in [-0.05, 0) is 40.2 Å². The summed E-state index contributed by atoms with van der Waals surface area (Å²) >= 11 is 21.2. The molecule has 0 saturated carbocycles. The van der Waals surface area contributed by atoms with Crippen LogP contribution in [0, 0.1) is 10.1 Å². The standard InChI is InChI=1S/C13H8BrCl3N2O2/c14-9-2-1-7(5-12(9)19(20)21)18-6-8-10(15)3-4-11(16)13(8)17/h1-5,18H,6H2. The highest BCUT2D eigenvalue weighted by Crippen LogP contribution is 2.33. The summed E-state index contributed by atoms with van der Waals surface area (Å²) in [7, 11) is 0. The Bertz CT molecular complexity index is 710. The van der Waals surface area contributed by atoms with Crippen molar-refractivity contribution in [2.75, 3.05) is 5.32 Å². The molecule has 0 aliphatic carbocycles. The van der Waals surface area contributed by atoms with E-state index in [1.807, 2.05) is 0 Å². The lowest BCUT2D eigenvalue weighted by Gasteiger charge is -2.11. The maximum Gasteiger partial charge on any atom is 0.285 e. The summed E-state index contributed by atoms with van der Waals surface area (Å²) in [5.41, 5.74) is 1.19. The number of rotatable bonds is 4. The van der Waals surface area contributed by atoms with Crippen molar-refractivity contribution in [3.63, 3.8) is 0 Å². The van der Waals surface area contributed by atoms with Gasteiger partial charge >= 0.3 is 0 Å². The van der Waals surface area contributed by atoms with Crippen LogP contribution in [-0.4, -0.2) is 4.92 Å². The van der Waals surface area contributed by atoms with E-state index in [1.165, 1.54) is 6.07 Å². The third kappa shape index (κ3) is 3.80. The Hall–Kier alpha value is -1.01. The molecule has 0 unspecified atom stereocenters. The number of nitrogens with one attached hydrogen (secondary N) is 1. The van der Waals surface area contributed by atoms with E-state index in [0.717, 1.165) is 0 Å². The lowest BCUT2D eigenvalue weighted by atomic mass is 10.2.